The van der Waals surface area contributed by atoms with Gasteiger partial charge in [-0.25, -0.2) is 0 Å². The molecule has 23 heavy (non-hydrogen) atoms. The predicted molar refractivity (Wildman–Crippen MR) is 96.9 cm³/mol. The van der Waals surface area contributed by atoms with Crippen LogP contribution in [0.5, 0.6) is 0 Å². The lowest BCUT2D eigenvalue weighted by atomic mass is 9.76. The lowest BCUT2D eigenvalue weighted by Crippen LogP contribution is -2.49. The molecule has 0 saturated carbocycles. The molecular weight excluding hydrogens is 302 g/mol. The van der Waals surface area contributed by atoms with Gasteiger partial charge in [0.25, 0.3) is 0 Å². The summed E-state index contributed by atoms with van der Waals surface area (Å²) in [6, 6.07) is 10.1. The van der Waals surface area contributed by atoms with Gasteiger partial charge in [-0.2, -0.15) is 0 Å². The first kappa shape index (κ1) is 16.7. The molecule has 2 aliphatic rings. The van der Waals surface area contributed by atoms with Gasteiger partial charge in [-0.05, 0) is 31.9 Å². The van der Waals surface area contributed by atoms with Gasteiger partial charge in [0.05, 0.1) is 21.1 Å². The lowest BCUT2D eigenvalue weighted by molar-refractivity contribution is -0.150. The highest BCUT2D eigenvalue weighted by atomic mass is 28.3. The largest absolute Gasteiger partial charge is 0.469 e. The maximum Gasteiger partial charge on any atom is 0.310 e. The van der Waals surface area contributed by atoms with Crippen molar-refractivity contribution in [2.45, 2.75) is 56.9 Å². The SMILES string of the molecule is COC(=O)[C@@H]1C2CCC(C[C@@H]1c1ccc([Si](C)(C)C)cc1)N2C. The van der Waals surface area contributed by atoms with E-state index in [0.29, 0.717) is 18.0 Å². The molecule has 2 saturated heterocycles. The zero-order valence-corrected chi connectivity index (χ0v) is 16.0. The number of carbonyl (C=O) groups excluding carboxylic acids is 1. The second kappa shape index (κ2) is 6.06. The van der Waals surface area contributed by atoms with E-state index in [0.717, 1.165) is 12.8 Å². The van der Waals surface area contributed by atoms with Gasteiger partial charge in [-0.1, -0.05) is 49.1 Å². The summed E-state index contributed by atoms with van der Waals surface area (Å²) >= 11 is 0. The van der Waals surface area contributed by atoms with Gasteiger partial charge in [-0.15, -0.1) is 0 Å². The highest BCUT2D eigenvalue weighted by Crippen LogP contribution is 2.46. The third kappa shape index (κ3) is 2.99. The van der Waals surface area contributed by atoms with E-state index in [1.54, 1.807) is 0 Å². The number of fused-ring (bicyclic) bond motifs is 2. The minimum Gasteiger partial charge on any atom is -0.469 e. The van der Waals surface area contributed by atoms with Crippen molar-refractivity contribution in [1.82, 2.24) is 4.90 Å². The van der Waals surface area contributed by atoms with Crippen LogP contribution in [0.4, 0.5) is 0 Å². The fourth-order valence-electron chi connectivity index (χ4n) is 4.50. The minimum absolute atomic E-state index is 0.0264. The van der Waals surface area contributed by atoms with Crippen LogP contribution >= 0.6 is 0 Å². The van der Waals surface area contributed by atoms with Gasteiger partial charge in [0.2, 0.25) is 0 Å². The van der Waals surface area contributed by atoms with Crippen LogP contribution in [0.15, 0.2) is 24.3 Å². The molecular formula is C19H29NO2Si. The Morgan fingerprint density at radius 1 is 1.17 bits per heavy atom. The summed E-state index contributed by atoms with van der Waals surface area (Å²) in [6.07, 6.45) is 3.39. The summed E-state index contributed by atoms with van der Waals surface area (Å²) in [5, 5.41) is 1.48. The third-order valence-corrected chi connectivity index (χ3v) is 8.01. The van der Waals surface area contributed by atoms with Crippen LogP contribution in [-0.4, -0.2) is 45.2 Å². The van der Waals surface area contributed by atoms with Crippen molar-refractivity contribution in [2.75, 3.05) is 14.2 Å². The van der Waals surface area contributed by atoms with Crippen molar-refractivity contribution in [1.29, 1.82) is 0 Å². The van der Waals surface area contributed by atoms with Crippen molar-refractivity contribution >= 4 is 19.2 Å². The molecule has 0 aliphatic carbocycles. The number of hydrogen-bond acceptors (Lipinski definition) is 3. The lowest BCUT2D eigenvalue weighted by Gasteiger charge is -2.41. The Morgan fingerprint density at radius 3 is 2.39 bits per heavy atom. The molecule has 2 fully saturated rings. The minimum atomic E-state index is -1.28. The summed E-state index contributed by atoms with van der Waals surface area (Å²) in [5.74, 6) is 0.231. The normalized spacial score (nSPS) is 31.2. The van der Waals surface area contributed by atoms with Crippen LogP contribution < -0.4 is 5.19 Å². The molecule has 2 bridgehead atoms. The molecule has 126 valence electrons. The summed E-state index contributed by atoms with van der Waals surface area (Å²) in [4.78, 5) is 14.9. The van der Waals surface area contributed by atoms with Crippen molar-refractivity contribution in [3.63, 3.8) is 0 Å². The standard InChI is InChI=1S/C19H29NO2Si/c1-20-14-8-11-17(20)18(19(21)22-2)16(12-14)13-6-9-15(10-7-13)23(3,4)5/h6-7,9-10,14,16-18H,8,11-12H2,1-5H3/t14?,16-,17?,18+/m1/s1. The molecule has 4 atom stereocenters. The number of carbonyl (C=O) groups is 1. The van der Waals surface area contributed by atoms with Crippen LogP contribution in [0.25, 0.3) is 0 Å². The van der Waals surface area contributed by atoms with Gasteiger partial charge >= 0.3 is 5.97 Å². The quantitative estimate of drug-likeness (QED) is 0.630. The van der Waals surface area contributed by atoms with Crippen LogP contribution in [0.1, 0.15) is 30.7 Å². The van der Waals surface area contributed by atoms with E-state index in [2.05, 4.69) is 55.9 Å². The Morgan fingerprint density at radius 2 is 1.83 bits per heavy atom. The second-order valence-electron chi connectivity index (χ2n) is 8.23. The van der Waals surface area contributed by atoms with Gasteiger partial charge in [0.1, 0.15) is 0 Å². The molecule has 2 heterocycles. The van der Waals surface area contributed by atoms with Crippen LogP contribution in [0, 0.1) is 5.92 Å². The zero-order valence-electron chi connectivity index (χ0n) is 15.0. The molecule has 1 aromatic rings. The molecule has 2 aliphatic heterocycles. The Kier molecular flexibility index (Phi) is 4.40. The molecule has 0 amide bonds. The van der Waals surface area contributed by atoms with E-state index in [4.69, 9.17) is 4.74 Å². The molecule has 3 rings (SSSR count). The first-order valence-electron chi connectivity index (χ1n) is 8.73. The van der Waals surface area contributed by atoms with E-state index in [9.17, 15) is 4.79 Å². The molecule has 3 nitrogen and oxygen atoms in total. The fourth-order valence-corrected chi connectivity index (χ4v) is 5.66. The molecule has 0 radical (unpaired) electrons. The van der Waals surface area contributed by atoms with Crippen LogP contribution in [0.2, 0.25) is 19.6 Å². The molecule has 0 spiro atoms. The maximum absolute atomic E-state index is 12.5. The average Bonchev–Trinajstić information content (AvgIpc) is 2.75. The summed E-state index contributed by atoms with van der Waals surface area (Å²) in [6.45, 7) is 7.11. The predicted octanol–water partition coefficient (Wildman–Crippen LogP) is 2.97. The number of ether oxygens (including phenoxy) is 1. The van der Waals surface area contributed by atoms with Crippen LogP contribution in [0.3, 0.4) is 0 Å². The number of esters is 1. The number of benzene rings is 1. The summed E-state index contributed by atoms with van der Waals surface area (Å²) < 4.78 is 5.16. The molecule has 2 unspecified atom stereocenters. The Bertz CT molecular complexity index is 578. The van der Waals surface area contributed by atoms with Gasteiger partial charge in [0, 0.05) is 18.0 Å². The third-order valence-electron chi connectivity index (χ3n) is 5.95. The Hall–Kier alpha value is -1.13. The zero-order chi connectivity index (χ0) is 16.8. The molecule has 4 heteroatoms. The van der Waals surface area contributed by atoms with Gasteiger partial charge in [-0.3, -0.25) is 9.69 Å². The van der Waals surface area contributed by atoms with Gasteiger partial charge in [0.15, 0.2) is 0 Å². The van der Waals surface area contributed by atoms with Crippen molar-refractivity contribution in [3.8, 4) is 0 Å². The number of rotatable bonds is 3. The first-order chi connectivity index (χ1) is 10.8. The number of piperidine rings is 1. The fraction of sp³-hybridized carbons (Fsp3) is 0.632. The summed E-state index contributed by atoms with van der Waals surface area (Å²) in [7, 11) is 2.42. The summed E-state index contributed by atoms with van der Waals surface area (Å²) in [5.41, 5.74) is 1.31. The average molecular weight is 332 g/mol. The monoisotopic (exact) mass is 331 g/mol. The van der Waals surface area contributed by atoms with E-state index >= 15 is 0 Å². The highest BCUT2D eigenvalue weighted by Gasteiger charge is 2.49. The van der Waals surface area contributed by atoms with E-state index in [1.165, 1.54) is 24.3 Å². The molecule has 1 aromatic carbocycles. The number of methoxy groups -OCH3 is 1. The van der Waals surface area contributed by atoms with Crippen molar-refractivity contribution in [2.24, 2.45) is 5.92 Å². The van der Waals surface area contributed by atoms with Crippen molar-refractivity contribution < 1.29 is 9.53 Å². The maximum atomic E-state index is 12.5. The van der Waals surface area contributed by atoms with E-state index in [1.807, 2.05) is 0 Å². The number of nitrogens with zero attached hydrogens (tertiary/aromatic N) is 1. The van der Waals surface area contributed by atoms with E-state index < -0.39 is 8.07 Å². The molecule has 0 N–H and O–H groups in total. The Labute approximate surface area is 141 Å². The topological polar surface area (TPSA) is 29.5 Å². The molecule has 0 aromatic heterocycles. The van der Waals surface area contributed by atoms with Gasteiger partial charge < -0.3 is 4.74 Å². The number of hydrogen-bond donors (Lipinski definition) is 0. The highest BCUT2D eigenvalue weighted by molar-refractivity contribution is 6.88. The van der Waals surface area contributed by atoms with Crippen LogP contribution in [-0.2, 0) is 9.53 Å². The van der Waals surface area contributed by atoms with Crippen molar-refractivity contribution in [3.05, 3.63) is 29.8 Å². The van der Waals surface area contributed by atoms with E-state index in [-0.39, 0.29) is 11.9 Å². The smallest absolute Gasteiger partial charge is 0.310 e. The Balaban J connectivity index is 1.92. The second-order valence-corrected chi connectivity index (χ2v) is 13.3. The first-order valence-corrected chi connectivity index (χ1v) is 12.2.